The van der Waals surface area contributed by atoms with Crippen LogP contribution in [0.15, 0.2) is 36.8 Å². The first kappa shape index (κ1) is 13.1. The average molecular weight is 297 g/mol. The van der Waals surface area contributed by atoms with E-state index in [1.165, 1.54) is 6.42 Å². The van der Waals surface area contributed by atoms with E-state index >= 15 is 0 Å². The molecule has 1 aliphatic carbocycles. The van der Waals surface area contributed by atoms with Crippen LogP contribution >= 0.6 is 0 Å². The molecule has 4 rings (SSSR count). The molecule has 6 heteroatoms. The predicted molar refractivity (Wildman–Crippen MR) is 85.6 cm³/mol. The third-order valence-electron chi connectivity index (χ3n) is 3.82. The number of rotatable bonds is 4. The molecular formula is C16H19N5O. The summed E-state index contributed by atoms with van der Waals surface area (Å²) in [7, 11) is 0. The number of fused-ring (bicyclic) bond motifs is 1. The van der Waals surface area contributed by atoms with Gasteiger partial charge in [0.05, 0.1) is 0 Å². The normalized spacial score (nSPS) is 14.8. The zero-order chi connectivity index (χ0) is 14.9. The van der Waals surface area contributed by atoms with Gasteiger partial charge in [-0.2, -0.15) is 4.98 Å². The highest BCUT2D eigenvalue weighted by Crippen LogP contribution is 2.26. The fraction of sp³-hybridized carbons (Fsp3) is 0.312. The Labute approximate surface area is 129 Å². The van der Waals surface area contributed by atoms with Crippen molar-refractivity contribution in [3.63, 3.8) is 0 Å². The van der Waals surface area contributed by atoms with E-state index < -0.39 is 0 Å². The van der Waals surface area contributed by atoms with E-state index in [4.69, 9.17) is 4.74 Å². The summed E-state index contributed by atoms with van der Waals surface area (Å²) in [6.07, 6.45) is 9.43. The van der Waals surface area contributed by atoms with Gasteiger partial charge in [-0.15, -0.1) is 0 Å². The number of nitrogens with zero attached hydrogens (tertiary/aromatic N) is 4. The number of nitrogens with one attached hydrogen (secondary N) is 1. The molecule has 0 aromatic carbocycles. The van der Waals surface area contributed by atoms with Crippen LogP contribution in [0.3, 0.4) is 0 Å². The molecule has 6 nitrogen and oxygen atoms in total. The predicted octanol–water partition coefficient (Wildman–Crippen LogP) is 3.35. The molecule has 0 bridgehead atoms. The summed E-state index contributed by atoms with van der Waals surface area (Å²) in [5, 5.41) is 3.29. The minimum Gasteiger partial charge on any atom is -0.474 e. The van der Waals surface area contributed by atoms with E-state index in [0.717, 1.165) is 30.0 Å². The lowest BCUT2D eigenvalue weighted by molar-refractivity contribution is 0.114. The number of pyridine rings is 1. The lowest BCUT2D eigenvalue weighted by Crippen LogP contribution is -2.25. The first-order valence-electron chi connectivity index (χ1n) is 7.48. The highest BCUT2D eigenvalue weighted by Gasteiger charge is 2.20. The highest BCUT2D eigenvalue weighted by atomic mass is 16.5. The zero-order valence-electron chi connectivity index (χ0n) is 12.4. The van der Waals surface area contributed by atoms with Crippen molar-refractivity contribution in [2.75, 3.05) is 5.32 Å². The first-order valence-corrected chi connectivity index (χ1v) is 7.48. The zero-order valence-corrected chi connectivity index (χ0v) is 12.4. The Hall–Kier alpha value is -2.63. The van der Waals surface area contributed by atoms with Crippen LogP contribution in [0.1, 0.15) is 26.5 Å². The van der Waals surface area contributed by atoms with Gasteiger partial charge >= 0.3 is 0 Å². The summed E-state index contributed by atoms with van der Waals surface area (Å²) in [5.41, 5.74) is 1.83. The van der Waals surface area contributed by atoms with Gasteiger partial charge in [-0.05, 0) is 32.3 Å². The highest BCUT2D eigenvalue weighted by molar-refractivity contribution is 5.61. The molecule has 3 aromatic rings. The van der Waals surface area contributed by atoms with Crippen LogP contribution in [0, 0.1) is 6.92 Å². The molecule has 0 amide bonds. The standard InChI is InChI=1S/C16H17N5O.H2/c1-11-18-14(10-16(19-11)22-13-3-2-4-13)20-12-5-7-21-8-6-17-15(21)9-12;/h5-10,13H,2-4H2,1H3,(H,18,19,20);1H. The number of hydrogen-bond donors (Lipinski definition) is 1. The maximum Gasteiger partial charge on any atom is 0.219 e. The Morgan fingerprint density at radius 2 is 2.18 bits per heavy atom. The molecule has 0 unspecified atom stereocenters. The lowest BCUT2D eigenvalue weighted by atomic mass is 9.96. The van der Waals surface area contributed by atoms with Gasteiger partial charge in [-0.3, -0.25) is 0 Å². The molecule has 22 heavy (non-hydrogen) atoms. The Morgan fingerprint density at radius 3 is 3.00 bits per heavy atom. The molecular weight excluding hydrogens is 278 g/mol. The largest absolute Gasteiger partial charge is 0.474 e. The second-order valence-corrected chi connectivity index (χ2v) is 5.54. The number of hydrogen-bond acceptors (Lipinski definition) is 5. The van der Waals surface area contributed by atoms with E-state index in [9.17, 15) is 0 Å². The third-order valence-corrected chi connectivity index (χ3v) is 3.82. The summed E-state index contributed by atoms with van der Waals surface area (Å²) in [5.74, 6) is 2.07. The van der Waals surface area contributed by atoms with Crippen LogP contribution in [-0.2, 0) is 0 Å². The van der Waals surface area contributed by atoms with Crippen molar-refractivity contribution in [3.8, 4) is 5.88 Å². The second kappa shape index (κ2) is 5.29. The number of ether oxygens (including phenoxy) is 1. The molecule has 114 valence electrons. The Morgan fingerprint density at radius 1 is 1.27 bits per heavy atom. The number of anilines is 2. The molecule has 0 saturated heterocycles. The molecule has 3 heterocycles. The SMILES string of the molecule is Cc1nc(Nc2ccn3ccnc3c2)cc(OC2CCC2)n1.[HH]. The van der Waals surface area contributed by atoms with Gasteiger partial charge < -0.3 is 14.5 Å². The molecule has 0 spiro atoms. The summed E-state index contributed by atoms with van der Waals surface area (Å²) < 4.78 is 7.82. The Balaban J connectivity index is 0.00000156. The maximum absolute atomic E-state index is 5.86. The topological polar surface area (TPSA) is 64.3 Å². The maximum atomic E-state index is 5.86. The van der Waals surface area contributed by atoms with Crippen LogP contribution < -0.4 is 10.1 Å². The van der Waals surface area contributed by atoms with Crippen LogP contribution in [-0.4, -0.2) is 25.5 Å². The van der Waals surface area contributed by atoms with Crippen LogP contribution in [0.25, 0.3) is 5.65 Å². The van der Waals surface area contributed by atoms with Crippen molar-refractivity contribution in [2.45, 2.75) is 32.3 Å². The van der Waals surface area contributed by atoms with Crippen LogP contribution in [0.5, 0.6) is 5.88 Å². The van der Waals surface area contributed by atoms with E-state index in [0.29, 0.717) is 17.8 Å². The Bertz CT molecular complexity index is 815. The van der Waals surface area contributed by atoms with E-state index in [2.05, 4.69) is 20.3 Å². The minimum atomic E-state index is 0. The number of aryl methyl sites for hydroxylation is 1. The van der Waals surface area contributed by atoms with Crippen molar-refractivity contribution in [1.29, 1.82) is 0 Å². The van der Waals surface area contributed by atoms with Gasteiger partial charge in [-0.25, -0.2) is 9.97 Å². The molecule has 3 aromatic heterocycles. The summed E-state index contributed by atoms with van der Waals surface area (Å²) in [4.78, 5) is 13.0. The van der Waals surface area contributed by atoms with E-state index in [1.807, 2.05) is 41.9 Å². The smallest absolute Gasteiger partial charge is 0.219 e. The summed E-state index contributed by atoms with van der Waals surface area (Å²) in [6.45, 7) is 1.87. The van der Waals surface area contributed by atoms with Crippen molar-refractivity contribution in [1.82, 2.24) is 19.4 Å². The van der Waals surface area contributed by atoms with Gasteiger partial charge in [0.1, 0.15) is 23.4 Å². The molecule has 0 radical (unpaired) electrons. The van der Waals surface area contributed by atoms with E-state index in [-0.39, 0.29) is 1.43 Å². The molecule has 1 saturated carbocycles. The van der Waals surface area contributed by atoms with Crippen LogP contribution in [0.4, 0.5) is 11.5 Å². The lowest BCUT2D eigenvalue weighted by Gasteiger charge is -2.25. The average Bonchev–Trinajstić information content (AvgIpc) is 2.90. The molecule has 0 atom stereocenters. The molecule has 1 aliphatic rings. The second-order valence-electron chi connectivity index (χ2n) is 5.54. The fourth-order valence-corrected chi connectivity index (χ4v) is 2.46. The van der Waals surface area contributed by atoms with Gasteiger partial charge in [0.15, 0.2) is 0 Å². The quantitative estimate of drug-likeness (QED) is 0.800. The monoisotopic (exact) mass is 297 g/mol. The van der Waals surface area contributed by atoms with Gasteiger partial charge in [0.25, 0.3) is 0 Å². The van der Waals surface area contributed by atoms with Crippen molar-refractivity contribution >= 4 is 17.2 Å². The summed E-state index contributed by atoms with van der Waals surface area (Å²) >= 11 is 0. The number of aromatic nitrogens is 4. The molecule has 0 aliphatic heterocycles. The van der Waals surface area contributed by atoms with Gasteiger partial charge in [0.2, 0.25) is 5.88 Å². The molecule has 1 fully saturated rings. The van der Waals surface area contributed by atoms with Gasteiger partial charge in [0, 0.05) is 37.8 Å². The summed E-state index contributed by atoms with van der Waals surface area (Å²) in [6, 6.07) is 5.81. The fourth-order valence-electron chi connectivity index (χ4n) is 2.46. The van der Waals surface area contributed by atoms with E-state index in [1.54, 1.807) is 6.20 Å². The number of imidazole rings is 1. The van der Waals surface area contributed by atoms with Gasteiger partial charge in [-0.1, -0.05) is 0 Å². The third kappa shape index (κ3) is 2.59. The first-order chi connectivity index (χ1) is 10.8. The van der Waals surface area contributed by atoms with Crippen LogP contribution in [0.2, 0.25) is 0 Å². The van der Waals surface area contributed by atoms with Crippen molar-refractivity contribution in [2.24, 2.45) is 0 Å². The molecule has 1 N–H and O–H groups in total. The Kier molecular flexibility index (Phi) is 3.14. The minimum absolute atomic E-state index is 0. The van der Waals surface area contributed by atoms with Crippen molar-refractivity contribution < 1.29 is 6.16 Å². The van der Waals surface area contributed by atoms with Crippen molar-refractivity contribution in [3.05, 3.63) is 42.6 Å².